The molecule has 17 heavy (non-hydrogen) atoms. The van der Waals surface area contributed by atoms with Crippen LogP contribution in [0.1, 0.15) is 16.9 Å². The summed E-state index contributed by atoms with van der Waals surface area (Å²) in [5.41, 5.74) is 0.209. The molecule has 0 saturated carbocycles. The molecule has 1 rings (SSSR count). The van der Waals surface area contributed by atoms with E-state index >= 15 is 0 Å². The maximum absolute atomic E-state index is 11.7. The minimum Gasteiger partial charge on any atom is -0.372 e. The number of hydrogen-bond acceptors (Lipinski definition) is 4. The molecular weight excluding hydrogens is 307 g/mol. The molecule has 0 aliphatic carbocycles. The van der Waals surface area contributed by atoms with Crippen molar-refractivity contribution in [3.63, 3.8) is 0 Å². The molecule has 0 atom stereocenters. The first-order valence-electron chi connectivity index (χ1n) is 4.54. The van der Waals surface area contributed by atoms with Gasteiger partial charge in [0.15, 0.2) is 10.4 Å². The fourth-order valence-electron chi connectivity index (χ4n) is 1.10. The lowest BCUT2D eigenvalue weighted by molar-refractivity contribution is -0.173. The van der Waals surface area contributed by atoms with Crippen molar-refractivity contribution in [2.45, 2.75) is 12.6 Å². The summed E-state index contributed by atoms with van der Waals surface area (Å²) in [6, 6.07) is 0. The number of ketones is 1. The first-order chi connectivity index (χ1) is 7.81. The highest BCUT2D eigenvalue weighted by molar-refractivity contribution is 9.10. The van der Waals surface area contributed by atoms with Gasteiger partial charge in [0.2, 0.25) is 0 Å². The second kappa shape index (κ2) is 5.58. The third-order valence-electron chi connectivity index (χ3n) is 1.79. The molecule has 0 amide bonds. The average molecular weight is 316 g/mol. The Bertz CT molecular complexity index is 386. The molecule has 96 valence electrons. The predicted octanol–water partition coefficient (Wildman–Crippen LogP) is 1.73. The first-order valence-corrected chi connectivity index (χ1v) is 5.33. The van der Waals surface area contributed by atoms with E-state index in [0.717, 1.165) is 0 Å². The number of carbonyl (C=O) groups excluding carboxylic acids is 1. The minimum atomic E-state index is -4.38. The molecule has 1 heterocycles. The maximum Gasteiger partial charge on any atom is 0.411 e. The molecule has 0 spiro atoms. The lowest BCUT2D eigenvalue weighted by atomic mass is 10.2. The van der Waals surface area contributed by atoms with E-state index in [2.05, 4.69) is 31.0 Å². The highest BCUT2D eigenvalue weighted by Gasteiger charge is 2.27. The Morgan fingerprint density at radius 3 is 2.65 bits per heavy atom. The normalized spacial score (nSPS) is 11.8. The molecule has 1 aromatic rings. The predicted molar refractivity (Wildman–Crippen MR) is 54.5 cm³/mol. The van der Waals surface area contributed by atoms with E-state index in [9.17, 15) is 18.0 Å². The number of carbonyl (C=O) groups is 1. The summed E-state index contributed by atoms with van der Waals surface area (Å²) in [6.45, 7) is -1.65. The summed E-state index contributed by atoms with van der Waals surface area (Å²) in [6.07, 6.45) is -4.53. The molecule has 0 fully saturated rings. The monoisotopic (exact) mass is 315 g/mol. The number of hydrogen-bond donors (Lipinski definition) is 0. The number of nitrogens with zero attached hydrogens (tertiary/aromatic N) is 3. The fourth-order valence-corrected chi connectivity index (χ4v) is 1.65. The van der Waals surface area contributed by atoms with Crippen LogP contribution in [0.3, 0.4) is 0 Å². The maximum atomic E-state index is 11.7. The molecule has 5 nitrogen and oxygen atoms in total. The molecule has 0 aliphatic heterocycles. The van der Waals surface area contributed by atoms with E-state index in [-0.39, 0.29) is 29.1 Å². The third kappa shape index (κ3) is 4.43. The van der Waals surface area contributed by atoms with Gasteiger partial charge in [0.1, 0.15) is 12.3 Å². The van der Waals surface area contributed by atoms with Crippen molar-refractivity contribution in [1.82, 2.24) is 15.0 Å². The van der Waals surface area contributed by atoms with Gasteiger partial charge in [-0.05, 0) is 15.9 Å². The summed E-state index contributed by atoms with van der Waals surface area (Å²) in [4.78, 5) is 11.6. The second-order valence-electron chi connectivity index (χ2n) is 3.19. The summed E-state index contributed by atoms with van der Waals surface area (Å²) >= 11 is 3.02. The number of alkyl halides is 3. The lowest BCUT2D eigenvalue weighted by Crippen LogP contribution is -2.19. The van der Waals surface area contributed by atoms with Gasteiger partial charge in [-0.15, -0.1) is 5.10 Å². The van der Waals surface area contributed by atoms with Crippen LogP contribution in [-0.2, 0) is 11.8 Å². The third-order valence-corrected chi connectivity index (χ3v) is 2.32. The van der Waals surface area contributed by atoms with Gasteiger partial charge in [0.05, 0.1) is 6.61 Å². The minimum absolute atomic E-state index is 0.157. The molecule has 9 heteroatoms. The number of halogens is 4. The van der Waals surface area contributed by atoms with Crippen LogP contribution in [0.2, 0.25) is 0 Å². The first kappa shape index (κ1) is 14.1. The van der Waals surface area contributed by atoms with Crippen LogP contribution in [0.4, 0.5) is 13.2 Å². The SMILES string of the molecule is Cn1nnc(Br)c1C(=O)CCOCC(F)(F)F. The van der Waals surface area contributed by atoms with E-state index in [1.165, 1.54) is 11.7 Å². The molecule has 0 unspecified atom stereocenters. The fraction of sp³-hybridized carbons (Fsp3) is 0.625. The highest BCUT2D eigenvalue weighted by Crippen LogP contribution is 2.16. The van der Waals surface area contributed by atoms with Gasteiger partial charge in [-0.2, -0.15) is 13.2 Å². The van der Waals surface area contributed by atoms with Crippen molar-refractivity contribution in [3.8, 4) is 0 Å². The van der Waals surface area contributed by atoms with Gasteiger partial charge in [-0.3, -0.25) is 4.79 Å². The van der Waals surface area contributed by atoms with E-state index in [0.29, 0.717) is 0 Å². The van der Waals surface area contributed by atoms with Crippen molar-refractivity contribution in [1.29, 1.82) is 0 Å². The lowest BCUT2D eigenvalue weighted by Gasteiger charge is -2.06. The van der Waals surface area contributed by atoms with Gasteiger partial charge in [0.25, 0.3) is 0 Å². The quantitative estimate of drug-likeness (QED) is 0.613. The summed E-state index contributed by atoms with van der Waals surface area (Å²) in [5.74, 6) is -0.383. The molecule has 0 aliphatic rings. The Morgan fingerprint density at radius 2 is 2.18 bits per heavy atom. The van der Waals surface area contributed by atoms with Gasteiger partial charge in [0, 0.05) is 13.5 Å². The summed E-state index contributed by atoms with van der Waals surface area (Å²) in [7, 11) is 1.52. The van der Waals surface area contributed by atoms with Gasteiger partial charge in [-0.1, -0.05) is 5.21 Å². The zero-order valence-corrected chi connectivity index (χ0v) is 10.4. The van der Waals surface area contributed by atoms with E-state index in [1.807, 2.05) is 0 Å². The summed E-state index contributed by atoms with van der Waals surface area (Å²) < 4.78 is 41.1. The number of aromatic nitrogens is 3. The molecule has 0 saturated heterocycles. The van der Waals surface area contributed by atoms with Crippen LogP contribution in [-0.4, -0.2) is 40.2 Å². The van der Waals surface area contributed by atoms with Crippen LogP contribution in [0.15, 0.2) is 4.60 Å². The van der Waals surface area contributed by atoms with Crippen molar-refractivity contribution >= 4 is 21.7 Å². The van der Waals surface area contributed by atoms with E-state index < -0.39 is 12.8 Å². The van der Waals surface area contributed by atoms with Gasteiger partial charge in [-0.25, -0.2) is 4.68 Å². The molecule has 0 aromatic carbocycles. The Morgan fingerprint density at radius 1 is 1.53 bits per heavy atom. The van der Waals surface area contributed by atoms with Gasteiger partial charge >= 0.3 is 6.18 Å². The standard InChI is InChI=1S/C8H9BrF3N3O2/c1-15-6(7(9)13-14-15)5(16)2-3-17-4-8(10,11)12/h2-4H2,1H3. The zero-order valence-electron chi connectivity index (χ0n) is 8.79. The Labute approximate surface area is 103 Å². The number of aryl methyl sites for hydroxylation is 1. The average Bonchev–Trinajstić information content (AvgIpc) is 2.52. The van der Waals surface area contributed by atoms with Crippen LogP contribution in [0.25, 0.3) is 0 Å². The number of ether oxygens (including phenoxy) is 1. The van der Waals surface area contributed by atoms with Crippen LogP contribution in [0, 0.1) is 0 Å². The van der Waals surface area contributed by atoms with Gasteiger partial charge < -0.3 is 4.74 Å². The Hall–Kier alpha value is -0.960. The summed E-state index contributed by atoms with van der Waals surface area (Å²) in [5, 5.41) is 7.18. The van der Waals surface area contributed by atoms with Crippen LogP contribution < -0.4 is 0 Å². The second-order valence-corrected chi connectivity index (χ2v) is 3.94. The van der Waals surface area contributed by atoms with Crippen LogP contribution >= 0.6 is 15.9 Å². The van der Waals surface area contributed by atoms with Crippen LogP contribution in [0.5, 0.6) is 0 Å². The molecular formula is C8H9BrF3N3O2. The van der Waals surface area contributed by atoms with E-state index in [1.54, 1.807) is 0 Å². The molecule has 0 N–H and O–H groups in total. The number of Topliss-reactive ketones (excluding diaryl/α,β-unsaturated/α-hetero) is 1. The molecule has 0 bridgehead atoms. The largest absolute Gasteiger partial charge is 0.411 e. The smallest absolute Gasteiger partial charge is 0.372 e. The number of rotatable bonds is 5. The molecule has 0 radical (unpaired) electrons. The Kier molecular flexibility index (Phi) is 4.63. The van der Waals surface area contributed by atoms with Crippen molar-refractivity contribution in [2.24, 2.45) is 7.05 Å². The molecule has 1 aromatic heterocycles. The van der Waals surface area contributed by atoms with Crippen molar-refractivity contribution in [2.75, 3.05) is 13.2 Å². The Balaban J connectivity index is 2.41. The highest BCUT2D eigenvalue weighted by atomic mass is 79.9. The zero-order chi connectivity index (χ0) is 13.1. The topological polar surface area (TPSA) is 57.0 Å². The van der Waals surface area contributed by atoms with Crippen molar-refractivity contribution < 1.29 is 22.7 Å². The van der Waals surface area contributed by atoms with Crippen molar-refractivity contribution in [3.05, 3.63) is 10.3 Å². The van der Waals surface area contributed by atoms with E-state index in [4.69, 9.17) is 0 Å².